The molecule has 0 radical (unpaired) electrons. The summed E-state index contributed by atoms with van der Waals surface area (Å²) in [4.78, 5) is 12.1. The number of allylic oxidation sites excluding steroid dienone is 5. The highest BCUT2D eigenvalue weighted by atomic mass is 16.5. The van der Waals surface area contributed by atoms with Gasteiger partial charge in [0.1, 0.15) is 17.6 Å². The number of anilines is 2. The minimum atomic E-state index is -0.435. The van der Waals surface area contributed by atoms with Crippen LogP contribution in [-0.4, -0.2) is 22.2 Å². The molecule has 0 bridgehead atoms. The smallest absolute Gasteiger partial charge is 0.339 e. The summed E-state index contributed by atoms with van der Waals surface area (Å²) in [5, 5.41) is 17.0. The lowest BCUT2D eigenvalue weighted by Gasteiger charge is -2.11. The van der Waals surface area contributed by atoms with Crippen LogP contribution < -0.4 is 10.1 Å². The number of esters is 1. The molecule has 0 unspecified atom stereocenters. The van der Waals surface area contributed by atoms with Crippen LogP contribution in [0.5, 0.6) is 5.75 Å². The van der Waals surface area contributed by atoms with Crippen LogP contribution in [0.15, 0.2) is 78.9 Å². The van der Waals surface area contributed by atoms with Gasteiger partial charge < -0.3 is 14.8 Å². The topological polar surface area (TPSA) is 88.6 Å². The number of hydrogen-bond donors (Lipinski definition) is 1. The normalized spacial score (nSPS) is 12.7. The molecule has 7 heteroatoms. The quantitative estimate of drug-likeness (QED) is 0.579. The van der Waals surface area contributed by atoms with Crippen molar-refractivity contribution in [3.8, 4) is 11.8 Å². The number of nitrogens with zero attached hydrogens (tertiary/aromatic N) is 3. The molecule has 0 atom stereocenters. The predicted octanol–water partition coefficient (Wildman–Crippen LogP) is 4.91. The first kappa shape index (κ1) is 20.0. The Labute approximate surface area is 179 Å². The van der Waals surface area contributed by atoms with Crippen LogP contribution in [0, 0.1) is 11.3 Å². The number of nitriles is 1. The molecule has 1 N–H and O–H groups in total. The van der Waals surface area contributed by atoms with Gasteiger partial charge in [0.25, 0.3) is 0 Å². The first-order chi connectivity index (χ1) is 15.2. The van der Waals surface area contributed by atoms with Gasteiger partial charge in [0.15, 0.2) is 0 Å². The van der Waals surface area contributed by atoms with Crippen molar-refractivity contribution in [2.24, 2.45) is 0 Å². The summed E-state index contributed by atoms with van der Waals surface area (Å²) >= 11 is 0. The lowest BCUT2D eigenvalue weighted by Crippen LogP contribution is -2.02. The molecule has 0 amide bonds. The molecule has 0 aliphatic heterocycles. The molecule has 31 heavy (non-hydrogen) atoms. The lowest BCUT2D eigenvalue weighted by atomic mass is 10.2. The Balaban J connectivity index is 1.60. The number of aromatic nitrogens is 2. The van der Waals surface area contributed by atoms with Crippen molar-refractivity contribution in [2.75, 3.05) is 11.9 Å². The van der Waals surface area contributed by atoms with Gasteiger partial charge in [-0.05, 0) is 55.8 Å². The van der Waals surface area contributed by atoms with Gasteiger partial charge in [0, 0.05) is 11.9 Å². The van der Waals surface area contributed by atoms with Crippen LogP contribution in [0.2, 0.25) is 0 Å². The molecule has 3 aromatic rings. The summed E-state index contributed by atoms with van der Waals surface area (Å²) in [6.45, 7) is 2.03. The first-order valence-corrected chi connectivity index (χ1v) is 9.85. The minimum absolute atomic E-state index is 0.282. The number of fused-ring (bicyclic) bond motifs is 1. The number of ether oxygens (including phenoxy) is 2. The summed E-state index contributed by atoms with van der Waals surface area (Å²) < 4.78 is 12.5. The highest BCUT2D eigenvalue weighted by Crippen LogP contribution is 2.28. The van der Waals surface area contributed by atoms with Gasteiger partial charge in [-0.2, -0.15) is 10.4 Å². The molecule has 154 valence electrons. The van der Waals surface area contributed by atoms with Crippen molar-refractivity contribution in [3.63, 3.8) is 0 Å². The second-order valence-electron chi connectivity index (χ2n) is 6.71. The van der Waals surface area contributed by atoms with Crippen molar-refractivity contribution in [3.05, 3.63) is 90.0 Å². The average molecular weight is 412 g/mol. The van der Waals surface area contributed by atoms with E-state index < -0.39 is 5.97 Å². The van der Waals surface area contributed by atoms with Crippen LogP contribution in [-0.2, 0) is 4.74 Å². The standard InChI is InChI=1S/C24H20N4O3/c1-2-30-24(29)17-13-22-23(18(14-25)15-26-28(22)16-17)27-19-9-11-21(12-10-19)31-20-7-5-3-4-6-8-20/h3,5-13,15-16,27H,2,4H2,1H3. The van der Waals surface area contributed by atoms with Gasteiger partial charge in [-0.25, -0.2) is 9.31 Å². The highest BCUT2D eigenvalue weighted by Gasteiger charge is 2.15. The van der Waals surface area contributed by atoms with Crippen molar-refractivity contribution in [1.29, 1.82) is 5.26 Å². The number of carbonyl (C=O) groups is 1. The van der Waals surface area contributed by atoms with E-state index in [0.29, 0.717) is 28.1 Å². The van der Waals surface area contributed by atoms with Crippen molar-refractivity contribution < 1.29 is 14.3 Å². The van der Waals surface area contributed by atoms with Crippen LogP contribution in [0.25, 0.3) is 5.52 Å². The molecule has 0 saturated carbocycles. The fraction of sp³-hybridized carbons (Fsp3) is 0.125. The second-order valence-corrected chi connectivity index (χ2v) is 6.71. The summed E-state index contributed by atoms with van der Waals surface area (Å²) in [5.41, 5.74) is 2.65. The molecule has 1 aliphatic carbocycles. The predicted molar refractivity (Wildman–Crippen MR) is 117 cm³/mol. The van der Waals surface area contributed by atoms with Crippen LogP contribution in [0.1, 0.15) is 29.3 Å². The van der Waals surface area contributed by atoms with E-state index >= 15 is 0 Å². The van der Waals surface area contributed by atoms with E-state index in [0.717, 1.165) is 17.9 Å². The number of hydrogen-bond acceptors (Lipinski definition) is 6. The molecule has 0 saturated heterocycles. The van der Waals surface area contributed by atoms with Crippen LogP contribution in [0.4, 0.5) is 11.4 Å². The highest BCUT2D eigenvalue weighted by molar-refractivity contribution is 5.94. The second kappa shape index (κ2) is 9.01. The monoisotopic (exact) mass is 412 g/mol. The number of carbonyl (C=O) groups excluding carboxylic acids is 1. The number of rotatable bonds is 6. The minimum Gasteiger partial charge on any atom is -0.462 e. The van der Waals surface area contributed by atoms with Crippen LogP contribution >= 0.6 is 0 Å². The van der Waals surface area contributed by atoms with E-state index in [-0.39, 0.29) is 6.61 Å². The molecule has 0 fully saturated rings. The molecule has 1 aliphatic rings. The number of benzene rings is 1. The zero-order chi connectivity index (χ0) is 21.6. The lowest BCUT2D eigenvalue weighted by molar-refractivity contribution is 0.0526. The summed E-state index contributed by atoms with van der Waals surface area (Å²) in [5.74, 6) is 1.02. The van der Waals surface area contributed by atoms with Gasteiger partial charge in [-0.1, -0.05) is 18.2 Å². The summed E-state index contributed by atoms with van der Waals surface area (Å²) in [6.07, 6.45) is 13.8. The average Bonchev–Trinajstić information content (AvgIpc) is 3.06. The van der Waals surface area contributed by atoms with E-state index in [2.05, 4.69) is 22.6 Å². The number of nitrogens with one attached hydrogen (secondary N) is 1. The largest absolute Gasteiger partial charge is 0.462 e. The maximum Gasteiger partial charge on any atom is 0.339 e. The van der Waals surface area contributed by atoms with Crippen molar-refractivity contribution >= 4 is 22.9 Å². The Morgan fingerprint density at radius 2 is 2.13 bits per heavy atom. The third kappa shape index (κ3) is 4.49. The van der Waals surface area contributed by atoms with Gasteiger partial charge in [0.05, 0.1) is 35.1 Å². The van der Waals surface area contributed by atoms with Gasteiger partial charge in [-0.15, -0.1) is 0 Å². The van der Waals surface area contributed by atoms with E-state index in [1.165, 1.54) is 6.20 Å². The molecule has 4 rings (SSSR count). The van der Waals surface area contributed by atoms with Gasteiger partial charge in [0.2, 0.25) is 0 Å². The van der Waals surface area contributed by atoms with E-state index in [4.69, 9.17) is 9.47 Å². The summed E-state index contributed by atoms with van der Waals surface area (Å²) in [7, 11) is 0. The summed E-state index contributed by atoms with van der Waals surface area (Å²) in [6, 6.07) is 11.2. The molecule has 2 heterocycles. The van der Waals surface area contributed by atoms with Crippen molar-refractivity contribution in [2.45, 2.75) is 13.3 Å². The maximum absolute atomic E-state index is 12.1. The first-order valence-electron chi connectivity index (χ1n) is 9.85. The van der Waals surface area contributed by atoms with E-state index in [1.54, 1.807) is 23.7 Å². The van der Waals surface area contributed by atoms with E-state index in [1.807, 2.05) is 48.6 Å². The molecular weight excluding hydrogens is 392 g/mol. The molecule has 7 nitrogen and oxygen atoms in total. The fourth-order valence-corrected chi connectivity index (χ4v) is 3.11. The third-order valence-electron chi connectivity index (χ3n) is 4.58. The zero-order valence-electron chi connectivity index (χ0n) is 16.9. The Morgan fingerprint density at radius 1 is 1.29 bits per heavy atom. The van der Waals surface area contributed by atoms with E-state index in [9.17, 15) is 10.1 Å². The van der Waals surface area contributed by atoms with Crippen molar-refractivity contribution in [1.82, 2.24) is 9.61 Å². The Bertz CT molecular complexity index is 1240. The Morgan fingerprint density at radius 3 is 2.90 bits per heavy atom. The van der Waals surface area contributed by atoms with Gasteiger partial charge >= 0.3 is 5.97 Å². The zero-order valence-corrected chi connectivity index (χ0v) is 16.9. The molecule has 0 spiro atoms. The molecular formula is C24H20N4O3. The Kier molecular flexibility index (Phi) is 5.81. The maximum atomic E-state index is 12.1. The molecule has 1 aromatic carbocycles. The Hall–Kier alpha value is -4.31. The molecule has 2 aromatic heterocycles. The SMILES string of the molecule is CCOC(=O)c1cc2c(Nc3ccc(OC4=CC=CCC=C4)cc3)c(C#N)cnn2c1. The van der Waals surface area contributed by atoms with Crippen LogP contribution in [0.3, 0.4) is 0 Å². The van der Waals surface area contributed by atoms with Gasteiger partial charge in [-0.3, -0.25) is 0 Å². The third-order valence-corrected chi connectivity index (χ3v) is 4.58. The fourth-order valence-electron chi connectivity index (χ4n) is 3.11.